The van der Waals surface area contributed by atoms with Crippen LogP contribution in [0.5, 0.6) is 0 Å². The van der Waals surface area contributed by atoms with Crippen LogP contribution in [-0.2, 0) is 5.41 Å². The molecule has 1 fully saturated rings. The van der Waals surface area contributed by atoms with E-state index < -0.39 is 8.07 Å². The summed E-state index contributed by atoms with van der Waals surface area (Å²) in [5.74, 6) is 0.687. The molecule has 2 aliphatic rings. The van der Waals surface area contributed by atoms with Gasteiger partial charge in [-0.05, 0) is 130 Å². The quantitative estimate of drug-likeness (QED) is 0.136. The predicted octanol–water partition coefficient (Wildman–Crippen LogP) is 13.8. The highest BCUT2D eigenvalue weighted by molar-refractivity contribution is 7.03. The Balaban J connectivity index is 1.05. The monoisotopic (exact) mass is 744 g/mol. The van der Waals surface area contributed by atoms with Gasteiger partial charge >= 0.3 is 0 Å². The number of fused-ring (bicyclic) bond motifs is 3. The minimum absolute atomic E-state index is 0.192. The molecule has 0 spiro atoms. The predicted molar refractivity (Wildman–Crippen MR) is 242 cm³/mol. The molecule has 9 rings (SSSR count). The van der Waals surface area contributed by atoms with Gasteiger partial charge < -0.3 is 9.80 Å². The Morgan fingerprint density at radius 1 is 0.429 bits per heavy atom. The van der Waals surface area contributed by atoms with Gasteiger partial charge in [-0.3, -0.25) is 0 Å². The van der Waals surface area contributed by atoms with E-state index in [1.165, 1.54) is 82.2 Å². The summed E-state index contributed by atoms with van der Waals surface area (Å²) in [5, 5.41) is 3.07. The van der Waals surface area contributed by atoms with Crippen LogP contribution in [0.15, 0.2) is 176 Å². The minimum atomic E-state index is -1.84. The maximum Gasteiger partial charge on any atom is 0.113 e. The van der Waals surface area contributed by atoms with Crippen LogP contribution in [0.4, 0.5) is 34.1 Å². The molecule has 0 unspecified atom stereocenters. The Morgan fingerprint density at radius 3 is 1.41 bits per heavy atom. The lowest BCUT2D eigenvalue weighted by Gasteiger charge is -2.31. The first-order valence-electron chi connectivity index (χ1n) is 20.5. The zero-order chi connectivity index (χ0) is 38.3. The van der Waals surface area contributed by atoms with Gasteiger partial charge in [-0.15, -0.1) is 0 Å². The first kappa shape index (κ1) is 36.0. The summed E-state index contributed by atoms with van der Waals surface area (Å²) in [4.78, 5) is 4.80. The Labute approximate surface area is 335 Å². The van der Waals surface area contributed by atoms with E-state index in [0.29, 0.717) is 5.92 Å². The molecule has 0 amide bonds. The summed E-state index contributed by atoms with van der Waals surface area (Å²) in [7, 11) is -1.84. The molecule has 0 N–H and O–H groups in total. The van der Waals surface area contributed by atoms with Gasteiger partial charge in [0.1, 0.15) is 8.07 Å². The van der Waals surface area contributed by atoms with Crippen molar-refractivity contribution in [3.05, 3.63) is 193 Å². The number of nitrogens with zero attached hydrogens (tertiary/aromatic N) is 2. The van der Waals surface area contributed by atoms with Crippen molar-refractivity contribution >= 4 is 52.6 Å². The molecule has 56 heavy (non-hydrogen) atoms. The van der Waals surface area contributed by atoms with Gasteiger partial charge in [0.05, 0.1) is 0 Å². The Kier molecular flexibility index (Phi) is 9.51. The van der Waals surface area contributed by atoms with E-state index in [9.17, 15) is 0 Å². The first-order valence-corrected chi connectivity index (χ1v) is 23.5. The summed E-state index contributed by atoms with van der Waals surface area (Å²) in [6.45, 7) is 9.70. The normalized spacial score (nSPS) is 14.9. The fourth-order valence-corrected chi connectivity index (χ4v) is 12.5. The average molecular weight is 745 g/mol. The highest BCUT2D eigenvalue weighted by atomic mass is 28.3. The molecule has 0 radical (unpaired) electrons. The Hall–Kier alpha value is -5.64. The van der Waals surface area contributed by atoms with Gasteiger partial charge in [0.15, 0.2) is 0 Å². The van der Waals surface area contributed by atoms with E-state index in [2.05, 4.69) is 213 Å². The van der Waals surface area contributed by atoms with Gasteiger partial charge in [-0.25, -0.2) is 0 Å². The van der Waals surface area contributed by atoms with Crippen LogP contribution in [0.1, 0.15) is 68.6 Å². The maximum atomic E-state index is 2.51. The number of anilines is 6. The van der Waals surface area contributed by atoms with E-state index in [4.69, 9.17) is 0 Å². The summed E-state index contributed by atoms with van der Waals surface area (Å²) < 4.78 is 0. The van der Waals surface area contributed by atoms with E-state index >= 15 is 0 Å². The van der Waals surface area contributed by atoms with Crippen LogP contribution >= 0.6 is 0 Å². The van der Waals surface area contributed by atoms with Crippen molar-refractivity contribution in [2.24, 2.45) is 0 Å². The molecule has 278 valence electrons. The van der Waals surface area contributed by atoms with Crippen molar-refractivity contribution < 1.29 is 0 Å². The van der Waals surface area contributed by atoms with E-state index in [-0.39, 0.29) is 5.41 Å². The van der Waals surface area contributed by atoms with Crippen molar-refractivity contribution in [1.82, 2.24) is 0 Å². The largest absolute Gasteiger partial charge is 0.311 e. The van der Waals surface area contributed by atoms with Crippen molar-refractivity contribution in [2.75, 3.05) is 9.80 Å². The molecule has 2 nitrogen and oxygen atoms in total. The van der Waals surface area contributed by atoms with Gasteiger partial charge in [0.25, 0.3) is 0 Å². The van der Waals surface area contributed by atoms with Gasteiger partial charge in [0, 0.05) is 39.5 Å². The fraction of sp³-hybridized carbons (Fsp3) is 0.208. The standard InChI is InChI=1S/C53H52N2Si/c1-53(2,41-26-32-46(33-27-41)54(43-18-10-6-11-19-43)44-20-12-7-13-21-44)42-28-34-47(35-29-42)55(45-30-24-40(25-31-45)39-16-8-5-9-17-39)48-36-37-50-49-22-14-15-23-51(49)56(3,4)52(50)38-48/h6-7,10-15,18-39H,5,8-9,16-17H2,1-4H3. The minimum Gasteiger partial charge on any atom is -0.311 e. The van der Waals surface area contributed by atoms with Crippen LogP contribution in [-0.4, -0.2) is 8.07 Å². The van der Waals surface area contributed by atoms with Gasteiger partial charge in [0.2, 0.25) is 0 Å². The third-order valence-electron chi connectivity index (χ3n) is 12.8. The number of rotatable bonds is 9. The molecule has 0 saturated heterocycles. The topological polar surface area (TPSA) is 6.48 Å². The maximum absolute atomic E-state index is 2.51. The molecule has 7 aromatic rings. The second kappa shape index (κ2) is 14.8. The number of hydrogen-bond acceptors (Lipinski definition) is 2. The third kappa shape index (κ3) is 6.58. The molecule has 7 aromatic carbocycles. The first-order chi connectivity index (χ1) is 27.3. The molecule has 1 saturated carbocycles. The molecular formula is C53H52N2Si. The summed E-state index contributed by atoms with van der Waals surface area (Å²) in [6, 6.07) is 65.6. The van der Waals surface area contributed by atoms with Crippen LogP contribution in [0.3, 0.4) is 0 Å². The van der Waals surface area contributed by atoms with Crippen LogP contribution in [0.25, 0.3) is 11.1 Å². The number of benzene rings is 7. The smallest absolute Gasteiger partial charge is 0.113 e. The highest BCUT2D eigenvalue weighted by Crippen LogP contribution is 2.42. The molecule has 1 aliphatic carbocycles. The summed E-state index contributed by atoms with van der Waals surface area (Å²) in [6.07, 6.45) is 6.70. The number of para-hydroxylation sites is 2. The average Bonchev–Trinajstić information content (AvgIpc) is 3.48. The van der Waals surface area contributed by atoms with Gasteiger partial charge in [-0.1, -0.05) is 149 Å². The van der Waals surface area contributed by atoms with Gasteiger partial charge in [-0.2, -0.15) is 0 Å². The number of hydrogen-bond donors (Lipinski definition) is 0. The Morgan fingerprint density at radius 2 is 0.857 bits per heavy atom. The molecule has 0 atom stereocenters. The van der Waals surface area contributed by atoms with Crippen LogP contribution < -0.4 is 20.2 Å². The molecule has 0 aromatic heterocycles. The van der Waals surface area contributed by atoms with E-state index in [1.54, 1.807) is 5.19 Å². The molecular weight excluding hydrogens is 693 g/mol. The third-order valence-corrected chi connectivity index (χ3v) is 16.3. The van der Waals surface area contributed by atoms with Crippen molar-refractivity contribution in [1.29, 1.82) is 0 Å². The lowest BCUT2D eigenvalue weighted by atomic mass is 9.78. The van der Waals surface area contributed by atoms with Crippen molar-refractivity contribution in [3.63, 3.8) is 0 Å². The second-order valence-electron chi connectivity index (χ2n) is 16.9. The van der Waals surface area contributed by atoms with Crippen LogP contribution in [0, 0.1) is 0 Å². The van der Waals surface area contributed by atoms with Crippen molar-refractivity contribution in [2.45, 2.75) is 70.4 Å². The SMILES string of the molecule is CC(C)(c1ccc(N(c2ccccc2)c2ccccc2)cc1)c1ccc(N(c2ccc(C3CCCCC3)cc2)c2ccc3c(c2)[Si](C)(C)c2ccccc2-3)cc1. The zero-order valence-electron chi connectivity index (χ0n) is 33.3. The van der Waals surface area contributed by atoms with E-state index in [0.717, 1.165) is 17.1 Å². The summed E-state index contributed by atoms with van der Waals surface area (Å²) >= 11 is 0. The zero-order valence-corrected chi connectivity index (χ0v) is 34.3. The van der Waals surface area contributed by atoms with Crippen molar-refractivity contribution in [3.8, 4) is 11.1 Å². The van der Waals surface area contributed by atoms with Crippen LogP contribution in [0.2, 0.25) is 13.1 Å². The molecule has 1 heterocycles. The molecule has 3 heteroatoms. The fourth-order valence-electron chi connectivity index (χ4n) is 9.43. The lowest BCUT2D eigenvalue weighted by molar-refractivity contribution is 0.443. The summed E-state index contributed by atoms with van der Waals surface area (Å²) in [5.41, 5.74) is 13.8. The second-order valence-corrected chi connectivity index (χ2v) is 21.2. The highest BCUT2D eigenvalue weighted by Gasteiger charge is 2.37. The lowest BCUT2D eigenvalue weighted by Crippen LogP contribution is -2.49. The Bertz CT molecular complexity index is 2390. The van der Waals surface area contributed by atoms with E-state index in [1.807, 2.05) is 0 Å². The molecule has 0 bridgehead atoms. The molecule has 1 aliphatic heterocycles.